The number of nitrogens with zero attached hydrogens (tertiary/aromatic N) is 1. The molecule has 1 fully saturated rings. The molecule has 1 aromatic carbocycles. The van der Waals surface area contributed by atoms with Gasteiger partial charge in [0.05, 0.1) is 6.54 Å². The molecule has 0 aliphatic heterocycles. The van der Waals surface area contributed by atoms with Crippen LogP contribution in [0.4, 0.5) is 11.4 Å². The zero-order valence-corrected chi connectivity index (χ0v) is 11.1. The molecule has 1 saturated carbocycles. The van der Waals surface area contributed by atoms with E-state index in [1.807, 2.05) is 43.3 Å². The van der Waals surface area contributed by atoms with Crippen molar-refractivity contribution in [3.05, 3.63) is 24.3 Å². The van der Waals surface area contributed by atoms with Gasteiger partial charge in [-0.05, 0) is 37.0 Å². The van der Waals surface area contributed by atoms with Gasteiger partial charge in [-0.3, -0.25) is 4.79 Å². The van der Waals surface area contributed by atoms with Crippen molar-refractivity contribution in [3.63, 3.8) is 0 Å². The molecule has 2 N–H and O–H groups in total. The second kappa shape index (κ2) is 5.76. The molecular weight excluding hydrogens is 226 g/mol. The Morgan fingerprint density at radius 2 is 2.17 bits per heavy atom. The van der Waals surface area contributed by atoms with E-state index in [1.54, 1.807) is 0 Å². The summed E-state index contributed by atoms with van der Waals surface area (Å²) >= 11 is 0. The van der Waals surface area contributed by atoms with E-state index in [4.69, 9.17) is 0 Å². The van der Waals surface area contributed by atoms with E-state index in [2.05, 4.69) is 10.6 Å². The van der Waals surface area contributed by atoms with Gasteiger partial charge < -0.3 is 15.5 Å². The van der Waals surface area contributed by atoms with Crippen molar-refractivity contribution in [2.45, 2.75) is 12.8 Å². The van der Waals surface area contributed by atoms with Gasteiger partial charge in [-0.25, -0.2) is 0 Å². The third-order valence-electron chi connectivity index (χ3n) is 3.10. The molecule has 1 amide bonds. The minimum Gasteiger partial charge on any atom is -0.378 e. The maximum absolute atomic E-state index is 11.6. The van der Waals surface area contributed by atoms with Crippen molar-refractivity contribution < 1.29 is 4.79 Å². The fraction of sp³-hybridized carbons (Fsp3) is 0.500. The van der Waals surface area contributed by atoms with Crippen molar-refractivity contribution in [2.24, 2.45) is 5.92 Å². The van der Waals surface area contributed by atoms with E-state index in [9.17, 15) is 4.79 Å². The normalized spacial score (nSPS) is 14.1. The molecule has 0 spiro atoms. The van der Waals surface area contributed by atoms with E-state index in [-0.39, 0.29) is 5.91 Å². The molecule has 0 aromatic heterocycles. The molecule has 0 atom stereocenters. The molecule has 4 nitrogen and oxygen atoms in total. The first-order valence-corrected chi connectivity index (χ1v) is 6.43. The predicted octanol–water partition coefficient (Wildman–Crippen LogP) is 1.69. The Balaban J connectivity index is 1.77. The molecule has 0 unspecified atom stereocenters. The van der Waals surface area contributed by atoms with Crippen LogP contribution in [0.25, 0.3) is 0 Å². The number of hydrogen-bond acceptors (Lipinski definition) is 3. The van der Waals surface area contributed by atoms with Gasteiger partial charge in [0.25, 0.3) is 0 Å². The Morgan fingerprint density at radius 3 is 2.83 bits per heavy atom. The first-order valence-electron chi connectivity index (χ1n) is 6.43. The maximum atomic E-state index is 11.6. The van der Waals surface area contributed by atoms with Crippen molar-refractivity contribution in [1.82, 2.24) is 5.32 Å². The Morgan fingerprint density at radius 1 is 1.39 bits per heavy atom. The number of nitrogens with one attached hydrogen (secondary N) is 2. The van der Waals surface area contributed by atoms with Crippen LogP contribution in [0.5, 0.6) is 0 Å². The summed E-state index contributed by atoms with van der Waals surface area (Å²) < 4.78 is 0. The highest BCUT2D eigenvalue weighted by Gasteiger charge is 2.21. The first-order chi connectivity index (χ1) is 8.65. The van der Waals surface area contributed by atoms with Crippen LogP contribution in [0.3, 0.4) is 0 Å². The minimum absolute atomic E-state index is 0.0668. The lowest BCUT2D eigenvalue weighted by Gasteiger charge is -2.14. The molecule has 4 heteroatoms. The van der Waals surface area contributed by atoms with Gasteiger partial charge in [-0.15, -0.1) is 0 Å². The molecule has 1 aliphatic carbocycles. The SMILES string of the molecule is CN(C)c1cccc(NCC(=O)NCC2CC2)c1. The Labute approximate surface area is 108 Å². The van der Waals surface area contributed by atoms with E-state index in [0.29, 0.717) is 6.54 Å². The Bertz CT molecular complexity index is 413. The molecule has 0 radical (unpaired) electrons. The van der Waals surface area contributed by atoms with Crippen LogP contribution < -0.4 is 15.5 Å². The molecular formula is C14H21N3O. The van der Waals surface area contributed by atoms with E-state index < -0.39 is 0 Å². The third kappa shape index (κ3) is 3.95. The van der Waals surface area contributed by atoms with Gasteiger partial charge >= 0.3 is 0 Å². The molecule has 18 heavy (non-hydrogen) atoms. The number of carbonyl (C=O) groups is 1. The fourth-order valence-electron chi connectivity index (χ4n) is 1.72. The smallest absolute Gasteiger partial charge is 0.239 e. The summed E-state index contributed by atoms with van der Waals surface area (Å²) in [5.74, 6) is 0.795. The van der Waals surface area contributed by atoms with Gasteiger partial charge in [0.2, 0.25) is 5.91 Å². The average Bonchev–Trinajstić information content (AvgIpc) is 3.18. The average molecular weight is 247 g/mol. The van der Waals surface area contributed by atoms with Crippen LogP contribution in [-0.4, -0.2) is 33.1 Å². The Hall–Kier alpha value is -1.71. The number of hydrogen-bond donors (Lipinski definition) is 2. The van der Waals surface area contributed by atoms with E-state index in [1.165, 1.54) is 12.8 Å². The van der Waals surface area contributed by atoms with Crippen LogP contribution in [-0.2, 0) is 4.79 Å². The standard InChI is InChI=1S/C14H21N3O/c1-17(2)13-5-3-4-12(8-13)15-10-14(18)16-9-11-6-7-11/h3-5,8,11,15H,6-7,9-10H2,1-2H3,(H,16,18). The summed E-state index contributed by atoms with van der Waals surface area (Å²) in [6.07, 6.45) is 2.52. The molecule has 0 saturated heterocycles. The number of anilines is 2. The zero-order chi connectivity index (χ0) is 13.0. The maximum Gasteiger partial charge on any atom is 0.239 e. The minimum atomic E-state index is 0.0668. The number of benzene rings is 1. The van der Waals surface area contributed by atoms with Crippen LogP contribution in [0.15, 0.2) is 24.3 Å². The van der Waals surface area contributed by atoms with Gasteiger partial charge in [0.15, 0.2) is 0 Å². The highest BCUT2D eigenvalue weighted by Crippen LogP contribution is 2.27. The summed E-state index contributed by atoms with van der Waals surface area (Å²) in [4.78, 5) is 13.6. The highest BCUT2D eigenvalue weighted by atomic mass is 16.1. The molecule has 98 valence electrons. The van der Waals surface area contributed by atoms with Crippen LogP contribution >= 0.6 is 0 Å². The molecule has 1 aliphatic rings. The van der Waals surface area contributed by atoms with Crippen LogP contribution in [0.2, 0.25) is 0 Å². The molecule has 2 rings (SSSR count). The second-order valence-corrected chi connectivity index (χ2v) is 5.05. The largest absolute Gasteiger partial charge is 0.378 e. The lowest BCUT2D eigenvalue weighted by molar-refractivity contribution is -0.119. The molecule has 1 aromatic rings. The summed E-state index contributed by atoms with van der Waals surface area (Å²) in [5, 5.41) is 6.09. The third-order valence-corrected chi connectivity index (χ3v) is 3.10. The zero-order valence-electron chi connectivity index (χ0n) is 11.1. The lowest BCUT2D eigenvalue weighted by Crippen LogP contribution is -2.31. The molecule has 0 bridgehead atoms. The lowest BCUT2D eigenvalue weighted by atomic mass is 10.2. The number of carbonyl (C=O) groups excluding carboxylic acids is 1. The van der Waals surface area contributed by atoms with Gasteiger partial charge in [0, 0.05) is 32.0 Å². The number of rotatable bonds is 6. The van der Waals surface area contributed by atoms with Crippen LogP contribution in [0.1, 0.15) is 12.8 Å². The predicted molar refractivity (Wildman–Crippen MR) is 75.0 cm³/mol. The van der Waals surface area contributed by atoms with Crippen molar-refractivity contribution >= 4 is 17.3 Å². The summed E-state index contributed by atoms with van der Waals surface area (Å²) in [6.45, 7) is 1.17. The van der Waals surface area contributed by atoms with Gasteiger partial charge in [-0.2, -0.15) is 0 Å². The fourth-order valence-corrected chi connectivity index (χ4v) is 1.72. The van der Waals surface area contributed by atoms with Crippen molar-refractivity contribution in [1.29, 1.82) is 0 Å². The second-order valence-electron chi connectivity index (χ2n) is 5.05. The quantitative estimate of drug-likeness (QED) is 0.804. The Kier molecular flexibility index (Phi) is 4.07. The topological polar surface area (TPSA) is 44.4 Å². The van der Waals surface area contributed by atoms with Gasteiger partial charge in [-0.1, -0.05) is 6.07 Å². The molecule has 0 heterocycles. The van der Waals surface area contributed by atoms with Crippen molar-refractivity contribution in [2.75, 3.05) is 37.4 Å². The summed E-state index contributed by atoms with van der Waals surface area (Å²) in [7, 11) is 4.00. The summed E-state index contributed by atoms with van der Waals surface area (Å²) in [6, 6.07) is 8.04. The first kappa shape index (κ1) is 12.7. The van der Waals surface area contributed by atoms with Gasteiger partial charge in [0.1, 0.15) is 0 Å². The van der Waals surface area contributed by atoms with E-state index >= 15 is 0 Å². The summed E-state index contributed by atoms with van der Waals surface area (Å²) in [5.41, 5.74) is 2.10. The van der Waals surface area contributed by atoms with E-state index in [0.717, 1.165) is 23.8 Å². The number of amides is 1. The highest BCUT2D eigenvalue weighted by molar-refractivity contribution is 5.80. The van der Waals surface area contributed by atoms with Crippen molar-refractivity contribution in [3.8, 4) is 0 Å². The monoisotopic (exact) mass is 247 g/mol. The van der Waals surface area contributed by atoms with Crippen LogP contribution in [0, 0.1) is 5.92 Å².